The molecule has 8 aromatic carbocycles. The zero-order chi connectivity index (χ0) is 102. The maximum absolute atomic E-state index is 12.7. The number of benzene rings is 8. The third-order valence-electron chi connectivity index (χ3n) is 20.6. The van der Waals surface area contributed by atoms with Gasteiger partial charge in [0.2, 0.25) is 0 Å². The largest absolute Gasteiger partial charge is 0.481 e. The molecule has 0 unspecified atom stereocenters. The first-order valence-electron chi connectivity index (χ1n) is 44.7. The summed E-state index contributed by atoms with van der Waals surface area (Å²) >= 11 is 0. The van der Waals surface area contributed by atoms with Crippen LogP contribution in [-0.4, -0.2) is 210 Å². The number of hydrogen-bond donors (Lipinski definition) is 15. The average Bonchev–Trinajstić information content (AvgIpc) is 1.54. The third-order valence-corrected chi connectivity index (χ3v) is 20.6. The molecule has 4 heterocycles. The number of rotatable bonds is 42. The normalized spacial score (nSPS) is 11.3. The second-order valence-corrected chi connectivity index (χ2v) is 31.2. The summed E-state index contributed by atoms with van der Waals surface area (Å²) in [6, 6.07) is 31.8. The molecule has 0 saturated heterocycles. The number of fused-ring (bicyclic) bond motifs is 8. The second kappa shape index (κ2) is 52.8. The Labute approximate surface area is 799 Å². The highest BCUT2D eigenvalue weighted by Gasteiger charge is 2.32. The number of aliphatic carboxylic acids is 2. The van der Waals surface area contributed by atoms with E-state index in [1.807, 2.05) is 13.8 Å². The topological polar surface area (TPSA) is 624 Å². The fourth-order valence-electron chi connectivity index (χ4n) is 13.8. The van der Waals surface area contributed by atoms with Crippen molar-refractivity contribution in [3.63, 3.8) is 0 Å². The first-order chi connectivity index (χ1) is 67.1. The number of furan rings is 4. The van der Waals surface area contributed by atoms with Gasteiger partial charge in [0.05, 0.1) is 34.1 Å². The minimum Gasteiger partial charge on any atom is -0.481 e. The molecular formula is C97H111N13O30. The van der Waals surface area contributed by atoms with Gasteiger partial charge in [-0.1, -0.05) is 117 Å². The van der Waals surface area contributed by atoms with Crippen LogP contribution in [0.25, 0.3) is 87.0 Å². The number of unbranched alkanes of at least 4 members (excludes halogenated alkanes) is 2. The molecule has 0 bridgehead atoms. The summed E-state index contributed by atoms with van der Waals surface area (Å²) in [4.78, 5) is 192. The number of hydrogen-bond acceptors (Lipinski definition) is 33. The van der Waals surface area contributed by atoms with Gasteiger partial charge >= 0.3 is 60.7 Å². The smallest absolute Gasteiger partial charge is 0.412 e. The van der Waals surface area contributed by atoms with Gasteiger partial charge in [0.1, 0.15) is 17.6 Å². The summed E-state index contributed by atoms with van der Waals surface area (Å²) in [7, 11) is 3.15. The molecule has 0 aliphatic carbocycles. The number of nitrogens with one attached hydrogen (secondary N) is 11. The lowest BCUT2D eigenvalue weighted by Gasteiger charge is -2.15. The highest BCUT2D eigenvalue weighted by Crippen LogP contribution is 2.49. The minimum atomic E-state index is -1.06. The first-order valence-corrected chi connectivity index (χ1v) is 44.7. The van der Waals surface area contributed by atoms with Crippen molar-refractivity contribution >= 4 is 182 Å². The minimum absolute atomic E-state index is 0.00677. The van der Waals surface area contributed by atoms with Crippen LogP contribution in [0.4, 0.5) is 38.4 Å². The Kier molecular flexibility index (Phi) is 40.6. The van der Waals surface area contributed by atoms with Crippen molar-refractivity contribution in [2.24, 2.45) is 11.5 Å². The summed E-state index contributed by atoms with van der Waals surface area (Å²) < 4.78 is 67.5. The summed E-state index contributed by atoms with van der Waals surface area (Å²) in [5.74, 6) is -2.56. The zero-order valence-corrected chi connectivity index (χ0v) is 78.5. The summed E-state index contributed by atoms with van der Waals surface area (Å²) in [5, 5.41) is 51.8. The van der Waals surface area contributed by atoms with Crippen LogP contribution in [0.5, 0.6) is 46.0 Å². The molecule has 43 heteroatoms. The Morgan fingerprint density at radius 3 is 0.864 bits per heavy atom. The number of ketones is 6. The molecule has 140 heavy (non-hydrogen) atoms. The summed E-state index contributed by atoms with van der Waals surface area (Å²) in [5.41, 5.74) is 11.2. The van der Waals surface area contributed by atoms with E-state index in [9.17, 15) is 76.7 Å². The van der Waals surface area contributed by atoms with Crippen molar-refractivity contribution in [1.82, 2.24) is 58.5 Å². The number of Topliss-reactive ketones (excluding diaryl/α,β-unsaturated/α-hetero) is 6. The molecule has 0 saturated carbocycles. The van der Waals surface area contributed by atoms with Gasteiger partial charge in [0.15, 0.2) is 115 Å². The fourth-order valence-corrected chi connectivity index (χ4v) is 13.8. The van der Waals surface area contributed by atoms with Crippen LogP contribution in [0.3, 0.4) is 0 Å². The molecule has 2 atom stereocenters. The number of carboxylic acid groups (broad SMARTS) is 2. The van der Waals surface area contributed by atoms with E-state index in [-0.39, 0.29) is 190 Å². The van der Waals surface area contributed by atoms with Gasteiger partial charge in [-0.2, -0.15) is 0 Å². The van der Waals surface area contributed by atoms with E-state index >= 15 is 0 Å². The predicted molar refractivity (Wildman–Crippen MR) is 513 cm³/mol. The number of carbonyl (C=O) groups is 16. The Bertz CT molecular complexity index is 6240. The number of amides is 8. The number of likely N-dealkylation sites (N-methyl/N-ethyl adjacent to an activating group) is 2. The van der Waals surface area contributed by atoms with E-state index in [0.29, 0.717) is 112 Å². The van der Waals surface area contributed by atoms with Crippen LogP contribution < -0.4 is 108 Å². The van der Waals surface area contributed by atoms with E-state index in [2.05, 4.69) is 58.5 Å². The van der Waals surface area contributed by atoms with Crippen LogP contribution >= 0.6 is 0 Å². The second-order valence-electron chi connectivity index (χ2n) is 31.2. The number of ether oxygens (including phenoxy) is 8. The lowest BCUT2D eigenvalue weighted by atomic mass is 10.1. The van der Waals surface area contributed by atoms with Crippen molar-refractivity contribution < 1.29 is 142 Å². The zero-order valence-electron chi connectivity index (χ0n) is 78.5. The molecule has 12 aromatic rings. The van der Waals surface area contributed by atoms with Crippen molar-refractivity contribution in [1.29, 1.82) is 0 Å². The molecule has 4 aromatic heterocycles. The molecule has 0 spiro atoms. The van der Waals surface area contributed by atoms with Crippen molar-refractivity contribution in [3.05, 3.63) is 144 Å². The van der Waals surface area contributed by atoms with E-state index < -0.39 is 78.6 Å². The SMILES string of the molecule is CC(=O)CNCCNC(=O)Oc1c2ccccc2c(OC(=O)NCCCCC(=O)O)c2oc(C(C)=O)cc12.CCCCNC(=O)Oc1c2ccccc2c(OC(=O)NCCCN)c2oc(C(C)=O)cc12.CCCNC(=O)Oc1c2ccccc2c(OC(=O)NCCN)c2oc(C(C)=O)cc12.CN[C@@H](CCNC(=O)Oc1c2ccccc2c(OC(=O)NCC[C@H](NC)C(=O)O)c2oc(C(C)=O)cc12)C(C)=O. The highest BCUT2D eigenvalue weighted by molar-refractivity contribution is 6.17. The van der Waals surface area contributed by atoms with Crippen LogP contribution in [0.15, 0.2) is 139 Å². The Hall–Kier alpha value is -16.1. The molecule has 744 valence electrons. The highest BCUT2D eigenvalue weighted by atomic mass is 16.6. The van der Waals surface area contributed by atoms with E-state index in [1.54, 1.807) is 104 Å². The van der Waals surface area contributed by atoms with Crippen LogP contribution in [0.1, 0.15) is 155 Å². The number of carboxylic acids is 2. The Morgan fingerprint density at radius 1 is 0.314 bits per heavy atom. The molecule has 0 aliphatic heterocycles. The number of nitrogens with two attached hydrogens (primary N) is 2. The average molecular weight is 1940 g/mol. The van der Waals surface area contributed by atoms with Gasteiger partial charge in [0, 0.05) is 143 Å². The standard InChI is InChI=1S/C27H32N4O9.C26H29N3O9.C23H27N3O6.C21H23N3O6/c1-14(32)19(28-3)9-11-30-26(36)39-22-16-7-5-6-8-17(16)23(24-18(22)13-21(38-24)15(2)33)40-27(37)31-12-10-20(29-4)25(34)35;1-15(30)14-27-11-12-29-26(35)37-22-17-7-3-4-8-18(17)23(24-19(22)13-20(36-24)16(2)31)38-25(34)28-10-6-5-9-21(32)33;1-3-4-11-25-22(28)31-19-15-8-5-6-9-16(15)20(32-23(29)26-12-7-10-24)21-17(19)13-18(30-21)14(2)27;1-3-9-23-20(26)29-17-13-6-4-5-7-14(13)18(30-21(27)24-10-8-22)19-15(17)11-16(28-19)12(2)25/h5-8,13,19-20,28-29H,9-12H2,1-4H3,(H,30,36)(H,31,37)(H,34,35);3-4,7-8,13,27H,5-6,9-12,14H2,1-2H3,(H,28,34)(H,29,35)(H,32,33);5-6,8-9,13H,3-4,7,10-12,24H2,1-2H3,(H,25,28)(H,26,29);4-7,11H,3,8-10,22H2,1-2H3,(H,23,26)(H,24,27)/t19-,20-;;;/m0.../s1. The van der Waals surface area contributed by atoms with Gasteiger partial charge in [0.25, 0.3) is 0 Å². The lowest BCUT2D eigenvalue weighted by Crippen LogP contribution is -2.38. The maximum Gasteiger partial charge on any atom is 0.412 e. The predicted octanol–water partition coefficient (Wildman–Crippen LogP) is 13.4. The number of carbonyl (C=O) groups excluding carboxylic acids is 14. The van der Waals surface area contributed by atoms with Crippen molar-refractivity contribution in [2.75, 3.05) is 92.6 Å². The quantitative estimate of drug-likeness (QED) is 0.0125. The Balaban J connectivity index is 0.000000210. The molecule has 17 N–H and O–H groups in total. The molecule has 43 nitrogen and oxygen atoms in total. The van der Waals surface area contributed by atoms with Gasteiger partial charge in [-0.15, -0.1) is 0 Å². The van der Waals surface area contributed by atoms with E-state index in [0.717, 1.165) is 19.3 Å². The first kappa shape index (κ1) is 108. The van der Waals surface area contributed by atoms with Crippen molar-refractivity contribution in [3.8, 4) is 46.0 Å². The van der Waals surface area contributed by atoms with Crippen LogP contribution in [0.2, 0.25) is 0 Å². The molecule has 12 rings (SSSR count). The summed E-state index contributed by atoms with van der Waals surface area (Å²) in [6.07, 6.45) is -1.51. The van der Waals surface area contributed by atoms with E-state index in [4.69, 9.17) is 77.2 Å². The lowest BCUT2D eigenvalue weighted by molar-refractivity contribution is -0.139. The van der Waals surface area contributed by atoms with Crippen molar-refractivity contribution in [2.45, 2.75) is 125 Å². The molecular weight excluding hydrogens is 1830 g/mol. The Morgan fingerprint density at radius 2 is 0.593 bits per heavy atom. The fraction of sp³-hybridized carbons (Fsp3) is 0.340. The molecule has 8 amide bonds. The van der Waals surface area contributed by atoms with Gasteiger partial charge in [-0.3, -0.25) is 38.4 Å². The van der Waals surface area contributed by atoms with E-state index in [1.165, 1.54) is 72.9 Å². The third kappa shape index (κ3) is 29.5. The maximum atomic E-state index is 12.7. The van der Waals surface area contributed by atoms with Gasteiger partial charge < -0.3 is 136 Å². The summed E-state index contributed by atoms with van der Waals surface area (Å²) in [6.45, 7) is 15.4. The van der Waals surface area contributed by atoms with Crippen LogP contribution in [-0.2, 0) is 19.2 Å². The molecule has 0 fully saturated rings. The van der Waals surface area contributed by atoms with Gasteiger partial charge in [-0.05, 0) is 104 Å². The van der Waals surface area contributed by atoms with Crippen LogP contribution in [0, 0.1) is 0 Å². The van der Waals surface area contributed by atoms with Gasteiger partial charge in [-0.25, -0.2) is 38.4 Å². The monoisotopic (exact) mass is 1940 g/mol. The molecule has 0 radical (unpaired) electrons. The molecule has 0 aliphatic rings.